The summed E-state index contributed by atoms with van der Waals surface area (Å²) in [6.07, 6.45) is 1.70. The van der Waals surface area contributed by atoms with Crippen molar-refractivity contribution in [2.75, 3.05) is 13.2 Å². The van der Waals surface area contributed by atoms with Crippen LogP contribution in [0.5, 0.6) is 11.5 Å². The van der Waals surface area contributed by atoms with E-state index in [-0.39, 0.29) is 5.70 Å². The van der Waals surface area contributed by atoms with Crippen molar-refractivity contribution in [2.24, 2.45) is 4.99 Å². The first-order valence-corrected chi connectivity index (χ1v) is 11.2. The second-order valence-electron chi connectivity index (χ2n) is 7.62. The van der Waals surface area contributed by atoms with E-state index in [0.29, 0.717) is 36.5 Å². The van der Waals surface area contributed by atoms with Crippen LogP contribution in [0.2, 0.25) is 0 Å². The van der Waals surface area contributed by atoms with E-state index in [0.717, 1.165) is 20.3 Å². The predicted molar refractivity (Wildman–Crippen MR) is 132 cm³/mol. The SMILES string of the molecule is C=C(C)COc1c(I)cc(/C=C2\N=C(c3ccc(C(C)C)cc3)OC2=O)cc1OCC. The molecular formula is C25H26INO4. The Morgan fingerprint density at radius 1 is 1.23 bits per heavy atom. The number of rotatable bonds is 8. The smallest absolute Gasteiger partial charge is 0.363 e. The van der Waals surface area contributed by atoms with Crippen LogP contribution in [0.3, 0.4) is 0 Å². The Balaban J connectivity index is 1.91. The monoisotopic (exact) mass is 531 g/mol. The Bertz CT molecular complexity index is 1050. The molecule has 0 bridgehead atoms. The van der Waals surface area contributed by atoms with Crippen LogP contribution < -0.4 is 9.47 Å². The van der Waals surface area contributed by atoms with Gasteiger partial charge in [-0.1, -0.05) is 32.6 Å². The minimum atomic E-state index is -0.474. The Labute approximate surface area is 197 Å². The summed E-state index contributed by atoms with van der Waals surface area (Å²) in [7, 11) is 0. The fourth-order valence-corrected chi connectivity index (χ4v) is 3.75. The van der Waals surface area contributed by atoms with Crippen LogP contribution in [0.1, 0.15) is 50.3 Å². The Morgan fingerprint density at radius 2 is 1.94 bits per heavy atom. The largest absolute Gasteiger partial charge is 0.490 e. The number of carbonyl (C=O) groups is 1. The molecule has 0 N–H and O–H groups in total. The van der Waals surface area contributed by atoms with Gasteiger partial charge in [0.15, 0.2) is 17.2 Å². The molecule has 0 saturated heterocycles. The third-order valence-electron chi connectivity index (χ3n) is 4.54. The number of hydrogen-bond acceptors (Lipinski definition) is 5. The molecule has 31 heavy (non-hydrogen) atoms. The van der Waals surface area contributed by atoms with Gasteiger partial charge in [-0.3, -0.25) is 0 Å². The van der Waals surface area contributed by atoms with Gasteiger partial charge in [-0.2, -0.15) is 0 Å². The van der Waals surface area contributed by atoms with E-state index in [1.165, 1.54) is 5.56 Å². The summed E-state index contributed by atoms with van der Waals surface area (Å²) < 4.78 is 17.9. The number of ether oxygens (including phenoxy) is 3. The first-order chi connectivity index (χ1) is 14.8. The molecule has 0 aliphatic carbocycles. The van der Waals surface area contributed by atoms with Crippen molar-refractivity contribution in [2.45, 2.75) is 33.6 Å². The van der Waals surface area contributed by atoms with Gasteiger partial charge in [-0.05, 0) is 89.4 Å². The number of carbonyl (C=O) groups excluding carboxylic acids is 1. The number of aliphatic imine (C=N–C) groups is 1. The molecule has 1 heterocycles. The van der Waals surface area contributed by atoms with Crippen molar-refractivity contribution in [1.29, 1.82) is 0 Å². The molecule has 6 heteroatoms. The van der Waals surface area contributed by atoms with Gasteiger partial charge in [0.1, 0.15) is 6.61 Å². The number of cyclic esters (lactones) is 1. The summed E-state index contributed by atoms with van der Waals surface area (Å²) in [5.74, 6) is 1.55. The molecule has 5 nitrogen and oxygen atoms in total. The normalized spacial score (nSPS) is 14.6. The number of halogens is 1. The van der Waals surface area contributed by atoms with E-state index in [2.05, 4.69) is 48.0 Å². The number of hydrogen-bond donors (Lipinski definition) is 0. The first kappa shape index (κ1) is 23.1. The summed E-state index contributed by atoms with van der Waals surface area (Å²) >= 11 is 2.20. The lowest BCUT2D eigenvalue weighted by Gasteiger charge is -2.14. The van der Waals surface area contributed by atoms with Crippen molar-refractivity contribution >= 4 is 40.5 Å². The lowest BCUT2D eigenvalue weighted by molar-refractivity contribution is -0.129. The number of nitrogens with zero attached hydrogens (tertiary/aromatic N) is 1. The minimum absolute atomic E-state index is 0.247. The summed E-state index contributed by atoms with van der Waals surface area (Å²) in [4.78, 5) is 16.8. The Kier molecular flexibility index (Phi) is 7.54. The topological polar surface area (TPSA) is 57.1 Å². The zero-order valence-electron chi connectivity index (χ0n) is 18.2. The highest BCUT2D eigenvalue weighted by molar-refractivity contribution is 14.1. The summed E-state index contributed by atoms with van der Waals surface area (Å²) in [6, 6.07) is 11.7. The molecule has 162 valence electrons. The average molecular weight is 531 g/mol. The molecule has 0 radical (unpaired) electrons. The molecule has 1 aliphatic rings. The van der Waals surface area contributed by atoms with E-state index in [9.17, 15) is 4.79 Å². The maximum atomic E-state index is 12.4. The summed E-state index contributed by atoms with van der Waals surface area (Å²) in [5.41, 5.74) is 3.94. The van der Waals surface area contributed by atoms with Crippen LogP contribution in [0.25, 0.3) is 6.08 Å². The van der Waals surface area contributed by atoms with E-state index >= 15 is 0 Å². The van der Waals surface area contributed by atoms with Crippen molar-refractivity contribution in [3.8, 4) is 11.5 Å². The average Bonchev–Trinajstić information content (AvgIpc) is 3.07. The van der Waals surface area contributed by atoms with Gasteiger partial charge >= 0.3 is 5.97 Å². The molecule has 0 atom stereocenters. The fourth-order valence-electron chi connectivity index (χ4n) is 2.97. The molecule has 2 aromatic rings. The van der Waals surface area contributed by atoms with Crippen LogP contribution in [-0.4, -0.2) is 25.1 Å². The van der Waals surface area contributed by atoms with E-state index in [1.807, 2.05) is 50.2 Å². The van der Waals surface area contributed by atoms with Gasteiger partial charge in [-0.25, -0.2) is 9.79 Å². The van der Waals surface area contributed by atoms with Gasteiger partial charge in [0.05, 0.1) is 10.2 Å². The van der Waals surface area contributed by atoms with Gasteiger partial charge in [0, 0.05) is 5.56 Å². The number of benzene rings is 2. The predicted octanol–water partition coefficient (Wildman–Crippen LogP) is 6.11. The highest BCUT2D eigenvalue weighted by Gasteiger charge is 2.24. The minimum Gasteiger partial charge on any atom is -0.490 e. The Hall–Kier alpha value is -2.61. The molecule has 0 unspecified atom stereocenters. The molecule has 3 rings (SSSR count). The lowest BCUT2D eigenvalue weighted by atomic mass is 10.0. The maximum absolute atomic E-state index is 12.4. The molecule has 0 spiro atoms. The van der Waals surface area contributed by atoms with Gasteiger partial charge in [0.25, 0.3) is 0 Å². The maximum Gasteiger partial charge on any atom is 0.363 e. The molecule has 2 aromatic carbocycles. The molecular weight excluding hydrogens is 505 g/mol. The van der Waals surface area contributed by atoms with E-state index in [4.69, 9.17) is 14.2 Å². The third-order valence-corrected chi connectivity index (χ3v) is 5.34. The third kappa shape index (κ3) is 5.76. The zero-order chi connectivity index (χ0) is 22.5. The van der Waals surface area contributed by atoms with Crippen molar-refractivity contribution in [1.82, 2.24) is 0 Å². The second kappa shape index (κ2) is 10.1. The van der Waals surface area contributed by atoms with Gasteiger partial charge in [0.2, 0.25) is 5.90 Å². The summed E-state index contributed by atoms with van der Waals surface area (Å²) in [6.45, 7) is 12.9. The standard InChI is InChI=1S/C25H26INO4/c1-6-29-22-13-17(11-20(26)23(22)30-14-15(2)3)12-21-25(28)31-24(27-21)19-9-7-18(8-10-19)16(4)5/h7-13,16H,2,6,14H2,1,3-5H3/b21-12-. The molecule has 0 saturated carbocycles. The van der Waals surface area contributed by atoms with Crippen molar-refractivity contribution < 1.29 is 19.0 Å². The molecule has 0 aromatic heterocycles. The summed E-state index contributed by atoms with van der Waals surface area (Å²) in [5, 5.41) is 0. The van der Waals surface area contributed by atoms with Gasteiger partial charge in [-0.15, -0.1) is 0 Å². The molecule has 0 amide bonds. The van der Waals surface area contributed by atoms with Gasteiger partial charge < -0.3 is 14.2 Å². The highest BCUT2D eigenvalue weighted by Crippen LogP contribution is 2.35. The number of esters is 1. The van der Waals surface area contributed by atoms with Crippen LogP contribution in [0, 0.1) is 3.57 Å². The molecule has 0 fully saturated rings. The zero-order valence-corrected chi connectivity index (χ0v) is 20.4. The lowest BCUT2D eigenvalue weighted by Crippen LogP contribution is -2.05. The van der Waals surface area contributed by atoms with Crippen LogP contribution in [0.15, 0.2) is 59.2 Å². The fraction of sp³-hybridized carbons (Fsp3) is 0.280. The van der Waals surface area contributed by atoms with Crippen LogP contribution >= 0.6 is 22.6 Å². The first-order valence-electron chi connectivity index (χ1n) is 10.1. The van der Waals surface area contributed by atoms with Crippen molar-refractivity contribution in [3.63, 3.8) is 0 Å². The highest BCUT2D eigenvalue weighted by atomic mass is 127. The van der Waals surface area contributed by atoms with E-state index in [1.54, 1.807) is 6.08 Å². The second-order valence-corrected chi connectivity index (χ2v) is 8.78. The van der Waals surface area contributed by atoms with Crippen LogP contribution in [-0.2, 0) is 9.53 Å². The van der Waals surface area contributed by atoms with E-state index < -0.39 is 5.97 Å². The van der Waals surface area contributed by atoms with Crippen LogP contribution in [0.4, 0.5) is 0 Å². The van der Waals surface area contributed by atoms with Crippen molar-refractivity contribution in [3.05, 3.63) is 74.5 Å². The Morgan fingerprint density at radius 3 is 2.55 bits per heavy atom. The molecule has 1 aliphatic heterocycles. The quantitative estimate of drug-likeness (QED) is 0.179.